The molecule has 12 atom stereocenters. The van der Waals surface area contributed by atoms with Gasteiger partial charge < -0.3 is 53.8 Å². The molecule has 0 aromatic heterocycles. The van der Waals surface area contributed by atoms with E-state index in [1.165, 1.54) is 39.8 Å². The van der Waals surface area contributed by atoms with E-state index in [1.54, 1.807) is 69.3 Å². The van der Waals surface area contributed by atoms with Gasteiger partial charge in [0.25, 0.3) is 0 Å². The number of esters is 3. The lowest BCUT2D eigenvalue weighted by molar-refractivity contribution is -0.345. The predicted molar refractivity (Wildman–Crippen MR) is 208 cm³/mol. The van der Waals surface area contributed by atoms with E-state index in [1.807, 2.05) is 0 Å². The van der Waals surface area contributed by atoms with E-state index in [4.69, 9.17) is 33.2 Å². The molecule has 2 aliphatic heterocycles. The number of fused-ring (bicyclic) bond motifs is 4. The number of rotatable bonds is 8. The van der Waals surface area contributed by atoms with Crippen molar-refractivity contribution >= 4 is 35.9 Å². The van der Waals surface area contributed by atoms with Gasteiger partial charge >= 0.3 is 30.2 Å². The molecule has 17 nitrogen and oxygen atoms in total. The zero-order valence-electron chi connectivity index (χ0n) is 35.0. The van der Waals surface area contributed by atoms with Gasteiger partial charge in [-0.2, -0.15) is 0 Å². The van der Waals surface area contributed by atoms with Crippen LogP contribution in [0.1, 0.15) is 83.8 Å². The minimum Gasteiger partial charge on any atom is -0.454 e. The van der Waals surface area contributed by atoms with Crippen LogP contribution < -0.4 is 5.32 Å². The molecule has 2 aromatic carbocycles. The Hall–Kier alpha value is -5.36. The number of ether oxygens (including phenoxy) is 7. The monoisotopic (exact) mass is 849 g/mol. The lowest BCUT2D eigenvalue weighted by Gasteiger charge is -2.67. The van der Waals surface area contributed by atoms with Gasteiger partial charge in [-0.15, -0.1) is 0 Å². The Balaban J connectivity index is 1.42. The first-order chi connectivity index (χ1) is 28.5. The number of alkyl carbamates (subject to hydrolysis) is 1. The van der Waals surface area contributed by atoms with Crippen molar-refractivity contribution in [2.45, 2.75) is 127 Å². The summed E-state index contributed by atoms with van der Waals surface area (Å²) in [6.45, 7) is 11.5. The van der Waals surface area contributed by atoms with Crippen LogP contribution in [-0.2, 0) is 47.5 Å². The molecule has 2 saturated heterocycles. The Bertz CT molecular complexity index is 2150. The van der Waals surface area contributed by atoms with Gasteiger partial charge in [-0.1, -0.05) is 62.4 Å². The van der Waals surface area contributed by atoms with E-state index < -0.39 is 118 Å². The molecule has 2 heterocycles. The second-order valence-electron chi connectivity index (χ2n) is 18.1. The number of aliphatic hydroxyl groups is 3. The molecule has 17 heteroatoms. The maximum atomic E-state index is 15.1. The van der Waals surface area contributed by atoms with Gasteiger partial charge in [0, 0.05) is 18.8 Å². The number of ketones is 1. The molecule has 2 saturated carbocycles. The van der Waals surface area contributed by atoms with E-state index in [-0.39, 0.29) is 35.3 Å². The minimum atomic E-state index is -2.34. The second-order valence-corrected chi connectivity index (χ2v) is 18.1. The molecule has 0 radical (unpaired) electrons. The maximum Gasteiger partial charge on any atom is 0.509 e. The second kappa shape index (κ2) is 15.2. The summed E-state index contributed by atoms with van der Waals surface area (Å²) in [6, 6.07) is 14.3. The van der Waals surface area contributed by atoms with Crippen LogP contribution in [0.2, 0.25) is 0 Å². The van der Waals surface area contributed by atoms with Crippen LogP contribution in [0.4, 0.5) is 9.59 Å². The van der Waals surface area contributed by atoms with E-state index in [2.05, 4.69) is 5.32 Å². The number of Topliss-reactive ketones (excluding diaryl/α,β-unsaturated/α-hetero) is 1. The molecular formula is C44H51NO16. The molecule has 328 valence electrons. The minimum absolute atomic E-state index is 0.0155. The maximum absolute atomic E-state index is 15.1. The van der Waals surface area contributed by atoms with Gasteiger partial charge in [-0.05, 0) is 63.5 Å². The fourth-order valence-corrected chi connectivity index (χ4v) is 10.3. The average molecular weight is 850 g/mol. The Morgan fingerprint density at radius 2 is 1.56 bits per heavy atom. The number of nitrogens with one attached hydrogen (secondary N) is 1. The molecule has 3 aliphatic carbocycles. The first-order valence-electron chi connectivity index (χ1n) is 20.0. The Morgan fingerprint density at radius 3 is 2.13 bits per heavy atom. The quantitative estimate of drug-likeness (QED) is 0.169. The molecule has 5 aliphatic rings. The van der Waals surface area contributed by atoms with Gasteiger partial charge in [0.2, 0.25) is 5.60 Å². The largest absolute Gasteiger partial charge is 0.509 e. The molecule has 2 unspecified atom stereocenters. The third-order valence-corrected chi connectivity index (χ3v) is 13.0. The number of aliphatic hydroxyl groups excluding tert-OH is 3. The highest BCUT2D eigenvalue weighted by molar-refractivity contribution is 5.94. The van der Waals surface area contributed by atoms with Crippen LogP contribution in [0.15, 0.2) is 71.8 Å². The first kappa shape index (κ1) is 43.7. The highest BCUT2D eigenvalue weighted by atomic mass is 16.8. The standard InChI is InChI=1S/C44H51NO16/c1-21-27-29(48)33(50)42(8)25(47)19-26-43(20-55-26,59-22(2)46)32(42)35(57-36(51)24-17-13-10-14-18-24)44(41(27,6)7)34(58-39(54)61-44)31(21)56-37(52)30(49)28(23-15-11-9-12-16-23)45-38(53)60-40(3,4)5/h9-18,25-26,28-32,34-35,47-49H,19-20H2,1-8H3,(H,45,53)/t25-,26+,28-,29+,30+,31+,32?,34-,35?,42+,43-,44+/m0/s1. The third-order valence-electron chi connectivity index (χ3n) is 13.0. The highest BCUT2D eigenvalue weighted by Gasteiger charge is 2.83. The number of carbonyl (C=O) groups is 6. The number of amides is 1. The normalized spacial score (nSPS) is 34.5. The summed E-state index contributed by atoms with van der Waals surface area (Å²) in [7, 11) is 0. The van der Waals surface area contributed by atoms with Crippen molar-refractivity contribution in [3.63, 3.8) is 0 Å². The van der Waals surface area contributed by atoms with Crippen molar-refractivity contribution in [1.29, 1.82) is 0 Å². The number of hydrogen-bond acceptors (Lipinski definition) is 16. The molecule has 1 spiro atoms. The first-order valence-corrected chi connectivity index (χ1v) is 20.0. The van der Waals surface area contributed by atoms with Gasteiger partial charge in [-0.25, -0.2) is 19.2 Å². The van der Waals surface area contributed by atoms with Crippen molar-refractivity contribution in [3.05, 3.63) is 82.9 Å². The Labute approximate surface area is 351 Å². The Kier molecular flexibility index (Phi) is 10.9. The number of benzene rings is 2. The molecule has 4 N–H and O–H groups in total. The lowest BCUT2D eigenvalue weighted by atomic mass is 9.44. The van der Waals surface area contributed by atoms with Crippen LogP contribution in [0.3, 0.4) is 0 Å². The van der Waals surface area contributed by atoms with Crippen LogP contribution in [0.25, 0.3) is 0 Å². The highest BCUT2D eigenvalue weighted by Crippen LogP contribution is 2.66. The average Bonchev–Trinajstić information content (AvgIpc) is 3.55. The molecule has 2 aromatic rings. The molecule has 2 bridgehead atoms. The predicted octanol–water partition coefficient (Wildman–Crippen LogP) is 3.41. The summed E-state index contributed by atoms with van der Waals surface area (Å²) in [5.41, 5.74) is -8.72. The van der Waals surface area contributed by atoms with E-state index >= 15 is 4.79 Å². The van der Waals surface area contributed by atoms with Crippen LogP contribution in [0.5, 0.6) is 0 Å². The SMILES string of the molecule is CC(=O)O[C@@]12CO[C@@H]1C[C@H](O)[C@@]1(C)C(=O)[C@H](O)C3=C(C)[C@@H](OC(=O)[C@H](O)[C@@H](NC(=O)OC(C)(C)C)c4ccccc4)[C@@H]4OC(=O)O[C@]4(C(OC(=O)c4ccccc4)C12)C3(C)C. The lowest BCUT2D eigenvalue weighted by Crippen LogP contribution is -2.83. The molecule has 4 fully saturated rings. The Morgan fingerprint density at radius 1 is 0.934 bits per heavy atom. The zero-order valence-corrected chi connectivity index (χ0v) is 35.0. The fraction of sp³-hybridized carbons (Fsp3) is 0.545. The molecule has 1 amide bonds. The third kappa shape index (κ3) is 6.85. The van der Waals surface area contributed by atoms with Gasteiger partial charge in [-0.3, -0.25) is 9.59 Å². The molecule has 61 heavy (non-hydrogen) atoms. The summed E-state index contributed by atoms with van der Waals surface area (Å²) in [5, 5.41) is 38.6. The summed E-state index contributed by atoms with van der Waals surface area (Å²) in [6.07, 6.45) is -14.8. The topological polar surface area (TPSA) is 240 Å². The summed E-state index contributed by atoms with van der Waals surface area (Å²) in [5.74, 6) is -5.70. The van der Waals surface area contributed by atoms with Crippen molar-refractivity contribution in [3.8, 4) is 0 Å². The number of hydrogen-bond donors (Lipinski definition) is 4. The zero-order chi connectivity index (χ0) is 44.6. The van der Waals surface area contributed by atoms with E-state index in [0.717, 1.165) is 6.92 Å². The van der Waals surface area contributed by atoms with Crippen LogP contribution in [-0.4, -0.2) is 117 Å². The van der Waals surface area contributed by atoms with Crippen molar-refractivity contribution in [1.82, 2.24) is 5.32 Å². The number of carbonyl (C=O) groups excluding carboxylic acids is 6. The summed E-state index contributed by atoms with van der Waals surface area (Å²) < 4.78 is 42.0. The smallest absolute Gasteiger partial charge is 0.454 e. The van der Waals surface area contributed by atoms with E-state index in [0.29, 0.717) is 0 Å². The van der Waals surface area contributed by atoms with Gasteiger partial charge in [0.1, 0.15) is 17.8 Å². The van der Waals surface area contributed by atoms with Gasteiger partial charge in [0.15, 0.2) is 35.8 Å². The van der Waals surface area contributed by atoms with Crippen molar-refractivity contribution in [2.75, 3.05) is 6.61 Å². The van der Waals surface area contributed by atoms with Crippen molar-refractivity contribution in [2.24, 2.45) is 16.7 Å². The van der Waals surface area contributed by atoms with Crippen LogP contribution >= 0.6 is 0 Å². The fourth-order valence-electron chi connectivity index (χ4n) is 10.3. The molecule has 7 rings (SSSR count). The summed E-state index contributed by atoms with van der Waals surface area (Å²) in [4.78, 5) is 83.7. The van der Waals surface area contributed by atoms with Gasteiger partial charge in [0.05, 0.1) is 35.6 Å². The molecular weight excluding hydrogens is 798 g/mol. The van der Waals surface area contributed by atoms with Crippen molar-refractivity contribution < 1.29 is 77.2 Å². The summed E-state index contributed by atoms with van der Waals surface area (Å²) >= 11 is 0. The van der Waals surface area contributed by atoms with Crippen LogP contribution in [0, 0.1) is 16.7 Å². The van der Waals surface area contributed by atoms with E-state index in [9.17, 15) is 39.3 Å².